The molecule has 0 bridgehead atoms. The summed E-state index contributed by atoms with van der Waals surface area (Å²) in [7, 11) is 0. The number of carbonyl (C=O) groups excluding carboxylic acids is 1. The van der Waals surface area contributed by atoms with Gasteiger partial charge in [0.15, 0.2) is 11.0 Å². The number of esters is 1. The number of ether oxygens (including phenoxy) is 1. The van der Waals surface area contributed by atoms with Crippen LogP contribution in [0.15, 0.2) is 49.6 Å². The third kappa shape index (κ3) is 2.66. The molecule has 2 N–H and O–H groups in total. The number of carbonyl (C=O) groups is 1. The third-order valence-corrected chi connectivity index (χ3v) is 4.75. The predicted molar refractivity (Wildman–Crippen MR) is 91.2 cm³/mol. The SMILES string of the molecule is CCOC(=O)C1=C(C)N=C2C(N)=C(Cl)N=CN2C1c1cccs1. The molecule has 0 radical (unpaired) electrons. The summed E-state index contributed by atoms with van der Waals surface area (Å²) < 4.78 is 5.21. The number of amidine groups is 1. The molecule has 0 aliphatic carbocycles. The van der Waals surface area contributed by atoms with E-state index in [1.54, 1.807) is 25.1 Å². The number of nitrogens with zero attached hydrogens (tertiary/aromatic N) is 3. The van der Waals surface area contributed by atoms with Gasteiger partial charge in [0.05, 0.1) is 24.2 Å². The van der Waals surface area contributed by atoms with Gasteiger partial charge in [-0.25, -0.2) is 14.8 Å². The maximum atomic E-state index is 12.4. The van der Waals surface area contributed by atoms with Crippen molar-refractivity contribution >= 4 is 41.1 Å². The van der Waals surface area contributed by atoms with Crippen LogP contribution in [0, 0.1) is 0 Å². The summed E-state index contributed by atoms with van der Waals surface area (Å²) in [4.78, 5) is 23.7. The van der Waals surface area contributed by atoms with Crippen molar-refractivity contribution in [2.45, 2.75) is 19.9 Å². The van der Waals surface area contributed by atoms with Gasteiger partial charge in [0.1, 0.15) is 11.7 Å². The molecule has 1 aromatic rings. The first-order valence-corrected chi connectivity index (χ1v) is 8.28. The molecule has 3 heterocycles. The molecule has 0 saturated carbocycles. The van der Waals surface area contributed by atoms with Crippen molar-refractivity contribution in [3.63, 3.8) is 0 Å². The van der Waals surface area contributed by atoms with E-state index in [0.717, 1.165) is 4.88 Å². The van der Waals surface area contributed by atoms with E-state index >= 15 is 0 Å². The van der Waals surface area contributed by atoms with E-state index in [0.29, 0.717) is 23.7 Å². The molecule has 8 heteroatoms. The summed E-state index contributed by atoms with van der Waals surface area (Å²) >= 11 is 7.54. The highest BCUT2D eigenvalue weighted by Gasteiger charge is 2.39. The molecule has 0 fully saturated rings. The van der Waals surface area contributed by atoms with Crippen LogP contribution in [-0.4, -0.2) is 29.7 Å². The zero-order valence-electron chi connectivity index (χ0n) is 12.6. The number of aliphatic imine (C=N–C) groups is 2. The molecule has 0 spiro atoms. The highest BCUT2D eigenvalue weighted by Crippen LogP contribution is 2.39. The van der Waals surface area contributed by atoms with E-state index in [4.69, 9.17) is 22.1 Å². The minimum atomic E-state index is -0.390. The number of allylic oxidation sites excluding steroid dienone is 1. The van der Waals surface area contributed by atoms with Gasteiger partial charge in [-0.15, -0.1) is 11.3 Å². The molecule has 3 rings (SSSR count). The lowest BCUT2D eigenvalue weighted by Gasteiger charge is -2.36. The Morgan fingerprint density at radius 3 is 3.00 bits per heavy atom. The quantitative estimate of drug-likeness (QED) is 0.671. The molecule has 1 unspecified atom stereocenters. The molecule has 2 aliphatic heterocycles. The second-order valence-electron chi connectivity index (χ2n) is 4.93. The highest BCUT2D eigenvalue weighted by atomic mass is 35.5. The van der Waals surface area contributed by atoms with E-state index in [1.165, 1.54) is 11.3 Å². The van der Waals surface area contributed by atoms with Crippen molar-refractivity contribution in [3.8, 4) is 0 Å². The minimum absolute atomic E-state index is 0.192. The Morgan fingerprint density at radius 1 is 1.57 bits per heavy atom. The zero-order chi connectivity index (χ0) is 16.6. The molecule has 120 valence electrons. The van der Waals surface area contributed by atoms with Crippen LogP contribution in [0.5, 0.6) is 0 Å². The molecule has 1 atom stereocenters. The Bertz CT molecular complexity index is 764. The average molecular weight is 351 g/mol. The number of rotatable bonds is 3. The van der Waals surface area contributed by atoms with Gasteiger partial charge in [0.25, 0.3) is 0 Å². The lowest BCUT2D eigenvalue weighted by molar-refractivity contribution is -0.139. The first kappa shape index (κ1) is 15.8. The number of halogens is 1. The Labute approximate surface area is 142 Å². The van der Waals surface area contributed by atoms with E-state index in [-0.39, 0.29) is 22.9 Å². The Morgan fingerprint density at radius 2 is 2.35 bits per heavy atom. The maximum absolute atomic E-state index is 12.4. The van der Waals surface area contributed by atoms with Gasteiger partial charge in [-0.2, -0.15) is 0 Å². The Kier molecular flexibility index (Phi) is 4.23. The molecule has 0 saturated heterocycles. The summed E-state index contributed by atoms with van der Waals surface area (Å²) in [5.74, 6) is 0.104. The molecule has 0 amide bonds. The van der Waals surface area contributed by atoms with E-state index in [2.05, 4.69) is 9.98 Å². The lowest BCUT2D eigenvalue weighted by atomic mass is 9.99. The predicted octanol–water partition coefficient (Wildman–Crippen LogP) is 2.75. The summed E-state index contributed by atoms with van der Waals surface area (Å²) in [6.45, 7) is 3.84. The monoisotopic (exact) mass is 350 g/mol. The van der Waals surface area contributed by atoms with E-state index in [9.17, 15) is 4.79 Å². The van der Waals surface area contributed by atoms with Crippen molar-refractivity contribution in [2.75, 3.05) is 6.61 Å². The fourth-order valence-corrected chi connectivity index (χ4v) is 3.49. The second-order valence-corrected chi connectivity index (χ2v) is 6.27. The van der Waals surface area contributed by atoms with Crippen molar-refractivity contribution in [3.05, 3.63) is 44.5 Å². The van der Waals surface area contributed by atoms with Crippen molar-refractivity contribution in [1.29, 1.82) is 0 Å². The topological polar surface area (TPSA) is 80.3 Å². The summed E-state index contributed by atoms with van der Waals surface area (Å²) in [5, 5.41) is 2.14. The molecule has 23 heavy (non-hydrogen) atoms. The van der Waals surface area contributed by atoms with Crippen LogP contribution in [0.25, 0.3) is 0 Å². The van der Waals surface area contributed by atoms with Crippen molar-refractivity contribution in [2.24, 2.45) is 15.7 Å². The molecular formula is C15H15ClN4O2S. The summed E-state index contributed by atoms with van der Waals surface area (Å²) in [6.07, 6.45) is 1.55. The van der Waals surface area contributed by atoms with E-state index in [1.807, 2.05) is 17.5 Å². The van der Waals surface area contributed by atoms with Gasteiger partial charge in [-0.05, 0) is 25.3 Å². The van der Waals surface area contributed by atoms with Crippen LogP contribution in [0.4, 0.5) is 0 Å². The molecule has 2 aliphatic rings. The third-order valence-electron chi connectivity index (χ3n) is 3.53. The van der Waals surface area contributed by atoms with Crippen LogP contribution < -0.4 is 5.73 Å². The van der Waals surface area contributed by atoms with Crippen molar-refractivity contribution in [1.82, 2.24) is 4.90 Å². The smallest absolute Gasteiger partial charge is 0.338 e. The largest absolute Gasteiger partial charge is 0.463 e. The zero-order valence-corrected chi connectivity index (χ0v) is 14.2. The first-order chi connectivity index (χ1) is 11.0. The van der Waals surface area contributed by atoms with Crippen LogP contribution in [0.3, 0.4) is 0 Å². The number of fused-ring (bicyclic) bond motifs is 1. The van der Waals surface area contributed by atoms with Crippen LogP contribution >= 0.6 is 22.9 Å². The molecule has 1 aromatic heterocycles. The van der Waals surface area contributed by atoms with Gasteiger partial charge >= 0.3 is 5.97 Å². The van der Waals surface area contributed by atoms with Crippen LogP contribution in [0.1, 0.15) is 24.8 Å². The second kappa shape index (κ2) is 6.17. The molecule has 6 nitrogen and oxygen atoms in total. The number of hydrogen-bond donors (Lipinski definition) is 1. The normalized spacial score (nSPS) is 20.6. The van der Waals surface area contributed by atoms with Gasteiger partial charge in [0, 0.05) is 4.88 Å². The summed E-state index contributed by atoms with van der Waals surface area (Å²) in [6, 6.07) is 3.50. The number of thiophene rings is 1. The Balaban J connectivity index is 2.17. The fourth-order valence-electron chi connectivity index (χ4n) is 2.53. The fraction of sp³-hybridized carbons (Fsp3) is 0.267. The van der Waals surface area contributed by atoms with Gasteiger partial charge in [-0.3, -0.25) is 0 Å². The standard InChI is InChI=1S/C15H15ClN4O2S/c1-3-22-15(21)10-8(2)19-14-11(17)13(16)18-7-20(14)12(10)9-5-4-6-23-9/h4-7,12H,3,17H2,1-2H3. The van der Waals surface area contributed by atoms with Gasteiger partial charge < -0.3 is 15.4 Å². The van der Waals surface area contributed by atoms with Crippen LogP contribution in [0.2, 0.25) is 0 Å². The van der Waals surface area contributed by atoms with Crippen molar-refractivity contribution < 1.29 is 9.53 Å². The Hall–Kier alpha value is -2.12. The first-order valence-electron chi connectivity index (χ1n) is 7.02. The highest BCUT2D eigenvalue weighted by molar-refractivity contribution is 7.10. The minimum Gasteiger partial charge on any atom is -0.463 e. The number of hydrogen-bond acceptors (Lipinski definition) is 7. The van der Waals surface area contributed by atoms with Crippen LogP contribution in [-0.2, 0) is 9.53 Å². The molecular weight excluding hydrogens is 336 g/mol. The summed E-state index contributed by atoms with van der Waals surface area (Å²) in [5.41, 5.74) is 7.35. The van der Waals surface area contributed by atoms with Gasteiger partial charge in [0.2, 0.25) is 0 Å². The maximum Gasteiger partial charge on any atom is 0.338 e. The average Bonchev–Trinajstić information content (AvgIpc) is 3.04. The lowest BCUT2D eigenvalue weighted by Crippen LogP contribution is -2.43. The van der Waals surface area contributed by atoms with Gasteiger partial charge in [-0.1, -0.05) is 17.7 Å². The number of nitrogens with two attached hydrogens (primary N) is 1. The molecule has 0 aromatic carbocycles. The van der Waals surface area contributed by atoms with E-state index < -0.39 is 0 Å².